The molecule has 2 rings (SSSR count). The quantitative estimate of drug-likeness (QED) is 0.850. The fraction of sp³-hybridized carbons (Fsp3) is 0.733. The normalized spacial score (nSPS) is 23.0. The van der Waals surface area contributed by atoms with Crippen molar-refractivity contribution in [2.24, 2.45) is 11.8 Å². The van der Waals surface area contributed by atoms with Gasteiger partial charge in [-0.2, -0.15) is 0 Å². The molecule has 1 aromatic heterocycles. The molecular weight excluding hydrogens is 274 g/mol. The second kappa shape index (κ2) is 7.11. The summed E-state index contributed by atoms with van der Waals surface area (Å²) >= 11 is 6.04. The molecule has 0 aromatic carbocycles. The highest BCUT2D eigenvalue weighted by Crippen LogP contribution is 2.27. The maximum absolute atomic E-state index is 12.4. The second-order valence-corrected chi connectivity index (χ2v) is 6.39. The van der Waals surface area contributed by atoms with Crippen molar-refractivity contribution in [2.75, 3.05) is 11.2 Å². The summed E-state index contributed by atoms with van der Waals surface area (Å²) in [7, 11) is 0. The van der Waals surface area contributed by atoms with Crippen LogP contribution in [0.25, 0.3) is 0 Å². The van der Waals surface area contributed by atoms with Crippen LogP contribution in [-0.4, -0.2) is 21.5 Å². The van der Waals surface area contributed by atoms with Crippen molar-refractivity contribution in [2.45, 2.75) is 52.1 Å². The van der Waals surface area contributed by atoms with Crippen LogP contribution in [0.15, 0.2) is 17.2 Å². The van der Waals surface area contributed by atoms with Gasteiger partial charge in [-0.3, -0.25) is 4.79 Å². The first-order valence-corrected chi connectivity index (χ1v) is 8.03. The fourth-order valence-corrected chi connectivity index (χ4v) is 3.21. The van der Waals surface area contributed by atoms with E-state index in [1.54, 1.807) is 17.0 Å². The van der Waals surface area contributed by atoms with Gasteiger partial charge < -0.3 is 9.88 Å². The van der Waals surface area contributed by atoms with Gasteiger partial charge >= 0.3 is 0 Å². The minimum Gasteiger partial charge on any atom is -0.362 e. The highest BCUT2D eigenvalue weighted by Gasteiger charge is 2.25. The molecule has 20 heavy (non-hydrogen) atoms. The molecule has 2 atom stereocenters. The van der Waals surface area contributed by atoms with E-state index in [2.05, 4.69) is 24.1 Å². The van der Waals surface area contributed by atoms with Crippen LogP contribution in [0, 0.1) is 11.8 Å². The number of aromatic nitrogens is 2. The summed E-state index contributed by atoms with van der Waals surface area (Å²) in [4.78, 5) is 16.6. The number of halogens is 1. The highest BCUT2D eigenvalue weighted by molar-refractivity contribution is 6.18. The molecule has 1 fully saturated rings. The van der Waals surface area contributed by atoms with E-state index in [-0.39, 0.29) is 11.6 Å². The van der Waals surface area contributed by atoms with Crippen LogP contribution in [0.1, 0.15) is 39.5 Å². The number of anilines is 1. The van der Waals surface area contributed by atoms with E-state index >= 15 is 0 Å². The minimum absolute atomic E-state index is 0.0277. The zero-order chi connectivity index (χ0) is 14.5. The molecule has 0 spiro atoms. The van der Waals surface area contributed by atoms with E-state index in [0.717, 1.165) is 19.4 Å². The lowest BCUT2D eigenvalue weighted by Gasteiger charge is -2.31. The number of hydrogen-bond acceptors (Lipinski definition) is 3. The smallest absolute Gasteiger partial charge is 0.293 e. The van der Waals surface area contributed by atoms with Gasteiger partial charge in [-0.25, -0.2) is 4.98 Å². The van der Waals surface area contributed by atoms with Gasteiger partial charge in [-0.15, -0.1) is 11.6 Å². The average Bonchev–Trinajstić information content (AvgIpc) is 2.43. The maximum atomic E-state index is 12.4. The molecule has 2 unspecified atom stereocenters. The molecule has 1 aliphatic carbocycles. The summed E-state index contributed by atoms with van der Waals surface area (Å²) < 4.78 is 1.73. The van der Waals surface area contributed by atoms with Crippen LogP contribution in [0.5, 0.6) is 0 Å². The molecule has 0 saturated heterocycles. The van der Waals surface area contributed by atoms with Crippen molar-refractivity contribution < 1.29 is 0 Å². The molecular formula is C15H24ClN3O. The van der Waals surface area contributed by atoms with Gasteiger partial charge in [0.1, 0.15) is 0 Å². The molecule has 5 heteroatoms. The van der Waals surface area contributed by atoms with Crippen molar-refractivity contribution in [3.8, 4) is 0 Å². The Balaban J connectivity index is 2.14. The first-order chi connectivity index (χ1) is 9.61. The molecule has 1 aliphatic rings. The molecule has 1 N–H and O–H groups in total. The predicted molar refractivity (Wildman–Crippen MR) is 83.4 cm³/mol. The van der Waals surface area contributed by atoms with Crippen molar-refractivity contribution in [3.05, 3.63) is 22.7 Å². The third kappa shape index (κ3) is 3.75. The van der Waals surface area contributed by atoms with E-state index in [0.29, 0.717) is 23.5 Å². The van der Waals surface area contributed by atoms with E-state index < -0.39 is 0 Å². The standard InChI is InChI=1S/C15H24ClN3O/c1-11(2)10-19-8-7-17-14(15(19)20)18-13-6-4-3-5-12(13)9-16/h7-8,11-13H,3-6,9-10H2,1-2H3,(H,17,18). The molecule has 0 aliphatic heterocycles. The Morgan fingerprint density at radius 2 is 2.20 bits per heavy atom. The Kier molecular flexibility index (Phi) is 5.46. The summed E-state index contributed by atoms with van der Waals surface area (Å²) in [5.74, 6) is 1.98. The van der Waals surface area contributed by atoms with Gasteiger partial charge in [0.25, 0.3) is 5.56 Å². The number of nitrogens with zero attached hydrogens (tertiary/aromatic N) is 2. The number of alkyl halides is 1. The Morgan fingerprint density at radius 1 is 1.45 bits per heavy atom. The lowest BCUT2D eigenvalue weighted by Crippen LogP contribution is -2.37. The van der Waals surface area contributed by atoms with Crippen LogP contribution >= 0.6 is 11.6 Å². The molecule has 112 valence electrons. The van der Waals surface area contributed by atoms with Crippen LogP contribution < -0.4 is 10.9 Å². The molecule has 0 bridgehead atoms. The summed E-state index contributed by atoms with van der Waals surface area (Å²) in [6.07, 6.45) is 8.08. The summed E-state index contributed by atoms with van der Waals surface area (Å²) in [6, 6.07) is 0.274. The Labute approximate surface area is 125 Å². The summed E-state index contributed by atoms with van der Waals surface area (Å²) in [6.45, 7) is 4.93. The van der Waals surface area contributed by atoms with Crippen LogP contribution in [0.4, 0.5) is 5.82 Å². The fourth-order valence-electron chi connectivity index (χ4n) is 2.84. The monoisotopic (exact) mass is 297 g/mol. The van der Waals surface area contributed by atoms with Crippen LogP contribution in [0.3, 0.4) is 0 Å². The Hall–Kier alpha value is -1.03. The first kappa shape index (κ1) is 15.4. The first-order valence-electron chi connectivity index (χ1n) is 7.49. The topological polar surface area (TPSA) is 46.9 Å². The van der Waals surface area contributed by atoms with Crippen LogP contribution in [-0.2, 0) is 6.54 Å². The second-order valence-electron chi connectivity index (χ2n) is 6.08. The van der Waals surface area contributed by atoms with Crippen molar-refractivity contribution in [1.29, 1.82) is 0 Å². The average molecular weight is 298 g/mol. The number of rotatable bonds is 5. The molecule has 0 amide bonds. The Bertz CT molecular complexity index is 486. The molecule has 1 saturated carbocycles. The van der Waals surface area contributed by atoms with Gasteiger partial charge in [0.05, 0.1) is 0 Å². The zero-order valence-electron chi connectivity index (χ0n) is 12.3. The van der Waals surface area contributed by atoms with Crippen LogP contribution in [0.2, 0.25) is 0 Å². The van der Waals surface area contributed by atoms with Gasteiger partial charge in [-0.1, -0.05) is 26.7 Å². The molecule has 4 nitrogen and oxygen atoms in total. The Morgan fingerprint density at radius 3 is 2.90 bits per heavy atom. The van der Waals surface area contributed by atoms with Crippen molar-refractivity contribution in [3.63, 3.8) is 0 Å². The highest BCUT2D eigenvalue weighted by atomic mass is 35.5. The maximum Gasteiger partial charge on any atom is 0.293 e. The van der Waals surface area contributed by atoms with E-state index in [9.17, 15) is 4.79 Å². The van der Waals surface area contributed by atoms with E-state index in [1.165, 1.54) is 12.8 Å². The van der Waals surface area contributed by atoms with Crippen molar-refractivity contribution in [1.82, 2.24) is 9.55 Å². The number of hydrogen-bond donors (Lipinski definition) is 1. The molecule has 1 aromatic rings. The minimum atomic E-state index is -0.0277. The van der Waals surface area contributed by atoms with Gasteiger partial charge in [0, 0.05) is 30.9 Å². The largest absolute Gasteiger partial charge is 0.362 e. The molecule has 0 radical (unpaired) electrons. The van der Waals surface area contributed by atoms with Crippen molar-refractivity contribution >= 4 is 17.4 Å². The zero-order valence-corrected chi connectivity index (χ0v) is 13.1. The summed E-state index contributed by atoms with van der Waals surface area (Å²) in [5.41, 5.74) is -0.0277. The molecule has 1 heterocycles. The lowest BCUT2D eigenvalue weighted by molar-refractivity contribution is 0.352. The lowest BCUT2D eigenvalue weighted by atomic mass is 9.86. The van der Waals surface area contributed by atoms with Gasteiger partial charge in [-0.05, 0) is 24.7 Å². The van der Waals surface area contributed by atoms with E-state index in [4.69, 9.17) is 11.6 Å². The predicted octanol–water partition coefficient (Wildman–Crippen LogP) is 3.11. The SMILES string of the molecule is CC(C)Cn1ccnc(NC2CCCCC2CCl)c1=O. The third-order valence-corrected chi connectivity index (χ3v) is 4.30. The number of nitrogens with one attached hydrogen (secondary N) is 1. The van der Waals surface area contributed by atoms with Gasteiger partial charge in [0.2, 0.25) is 0 Å². The van der Waals surface area contributed by atoms with E-state index in [1.807, 2.05) is 0 Å². The van der Waals surface area contributed by atoms with Gasteiger partial charge in [0.15, 0.2) is 5.82 Å². The summed E-state index contributed by atoms with van der Waals surface area (Å²) in [5, 5.41) is 3.33. The third-order valence-electron chi connectivity index (χ3n) is 3.90.